The van der Waals surface area contributed by atoms with Crippen molar-refractivity contribution in [2.75, 3.05) is 5.32 Å². The first-order valence-corrected chi connectivity index (χ1v) is 6.40. The average molecular weight is 293 g/mol. The summed E-state index contributed by atoms with van der Waals surface area (Å²) in [5.74, 6) is -2.66. The molecule has 0 aliphatic heterocycles. The van der Waals surface area contributed by atoms with E-state index < -0.39 is 23.2 Å². The van der Waals surface area contributed by atoms with Gasteiger partial charge >= 0.3 is 5.97 Å². The third-order valence-electron chi connectivity index (χ3n) is 3.73. The maximum absolute atomic E-state index is 12.1. The molecule has 0 unspecified atom stereocenters. The molecule has 104 valence electrons. The molecule has 1 amide bonds. The molecule has 0 heterocycles. The van der Waals surface area contributed by atoms with Gasteiger partial charge in [0.25, 0.3) is 0 Å². The fourth-order valence-electron chi connectivity index (χ4n) is 2.49. The molecule has 0 aromatic heterocycles. The van der Waals surface area contributed by atoms with Crippen molar-refractivity contribution in [3.63, 3.8) is 0 Å². The van der Waals surface area contributed by atoms with Crippen LogP contribution < -0.4 is 5.32 Å². The molecule has 1 aliphatic carbocycles. The smallest absolute Gasteiger partial charge is 0.307 e. The summed E-state index contributed by atoms with van der Waals surface area (Å²) < 4.78 is 0. The third-order valence-corrected chi connectivity index (χ3v) is 4.06. The summed E-state index contributed by atoms with van der Waals surface area (Å²) in [7, 11) is 0. The van der Waals surface area contributed by atoms with E-state index in [4.69, 9.17) is 22.0 Å². The highest BCUT2D eigenvalue weighted by Crippen LogP contribution is 2.58. The lowest BCUT2D eigenvalue weighted by molar-refractivity contribution is -0.140. The van der Waals surface area contributed by atoms with Crippen molar-refractivity contribution in [2.45, 2.75) is 13.8 Å². The van der Waals surface area contributed by atoms with Crippen LogP contribution in [0.15, 0.2) is 18.2 Å². The Balaban J connectivity index is 2.18. The third kappa shape index (κ3) is 2.35. The van der Waals surface area contributed by atoms with Gasteiger partial charge in [0, 0.05) is 0 Å². The van der Waals surface area contributed by atoms with Crippen LogP contribution in [0.2, 0.25) is 5.02 Å². The molecule has 6 heteroatoms. The highest BCUT2D eigenvalue weighted by atomic mass is 35.5. The van der Waals surface area contributed by atoms with Crippen LogP contribution in [0.25, 0.3) is 0 Å². The van der Waals surface area contributed by atoms with Gasteiger partial charge in [-0.25, -0.2) is 0 Å². The molecule has 1 fully saturated rings. The highest BCUT2D eigenvalue weighted by Gasteiger charge is 2.65. The SMILES string of the molecule is CC1(C)[C@H](C(=O)O)[C@@H]1C(=O)Nc1cc(C#N)ccc1Cl. The summed E-state index contributed by atoms with van der Waals surface area (Å²) in [4.78, 5) is 23.2. The van der Waals surface area contributed by atoms with Crippen molar-refractivity contribution < 1.29 is 14.7 Å². The molecule has 5 nitrogen and oxygen atoms in total. The molecular weight excluding hydrogens is 280 g/mol. The number of benzene rings is 1. The molecule has 0 bridgehead atoms. The Morgan fingerprint density at radius 3 is 2.55 bits per heavy atom. The fourth-order valence-corrected chi connectivity index (χ4v) is 2.65. The largest absolute Gasteiger partial charge is 0.481 e. The van der Waals surface area contributed by atoms with Crippen molar-refractivity contribution >= 4 is 29.2 Å². The number of amides is 1. The van der Waals surface area contributed by atoms with Crippen LogP contribution in [0, 0.1) is 28.6 Å². The Labute approximate surface area is 121 Å². The minimum atomic E-state index is -0.980. The Morgan fingerprint density at radius 1 is 1.40 bits per heavy atom. The number of nitrogens with one attached hydrogen (secondary N) is 1. The van der Waals surface area contributed by atoms with Crippen LogP contribution in [0.1, 0.15) is 19.4 Å². The summed E-state index contributed by atoms with van der Waals surface area (Å²) in [6, 6.07) is 6.47. The standard InChI is InChI=1S/C14H13ClN2O3/c1-14(2)10(11(14)13(19)20)12(18)17-9-5-7(6-16)3-4-8(9)15/h3-5,10-11H,1-2H3,(H,17,18)(H,19,20)/t10-,11+/m1/s1. The van der Waals surface area contributed by atoms with Gasteiger partial charge in [0.2, 0.25) is 5.91 Å². The zero-order chi connectivity index (χ0) is 15.1. The Kier molecular flexibility index (Phi) is 3.45. The second-order valence-corrected chi connectivity index (χ2v) is 5.82. The number of halogens is 1. The molecule has 2 N–H and O–H groups in total. The van der Waals surface area contributed by atoms with Gasteiger partial charge in [-0.2, -0.15) is 5.26 Å². The number of hydrogen-bond donors (Lipinski definition) is 2. The average Bonchev–Trinajstić information content (AvgIpc) is 2.95. The lowest BCUT2D eigenvalue weighted by Gasteiger charge is -2.08. The molecule has 1 aromatic carbocycles. The molecule has 0 saturated heterocycles. The van der Waals surface area contributed by atoms with Gasteiger partial charge < -0.3 is 10.4 Å². The van der Waals surface area contributed by atoms with Gasteiger partial charge in [-0.05, 0) is 23.6 Å². The minimum Gasteiger partial charge on any atom is -0.481 e. The van der Waals surface area contributed by atoms with Crippen LogP contribution in [-0.2, 0) is 9.59 Å². The number of carboxylic acids is 1. The van der Waals surface area contributed by atoms with Crippen molar-refractivity contribution in [3.05, 3.63) is 28.8 Å². The minimum absolute atomic E-state index is 0.308. The van der Waals surface area contributed by atoms with Crippen LogP contribution >= 0.6 is 11.6 Å². The maximum atomic E-state index is 12.1. The predicted octanol–water partition coefficient (Wildman–Crippen LogP) is 2.51. The van der Waals surface area contributed by atoms with Crippen LogP contribution in [0.3, 0.4) is 0 Å². The van der Waals surface area contributed by atoms with E-state index in [1.54, 1.807) is 19.9 Å². The topological polar surface area (TPSA) is 90.2 Å². The van der Waals surface area contributed by atoms with Crippen molar-refractivity contribution in [3.8, 4) is 6.07 Å². The maximum Gasteiger partial charge on any atom is 0.307 e. The number of hydrogen-bond acceptors (Lipinski definition) is 3. The number of nitriles is 1. The Bertz CT molecular complexity index is 634. The summed E-state index contributed by atoms with van der Waals surface area (Å²) in [5.41, 5.74) is 0.118. The van der Waals surface area contributed by atoms with Crippen LogP contribution in [0.5, 0.6) is 0 Å². The molecule has 1 saturated carbocycles. The number of anilines is 1. The Morgan fingerprint density at radius 2 is 2.05 bits per heavy atom. The van der Waals surface area contributed by atoms with E-state index in [2.05, 4.69) is 5.32 Å². The number of aliphatic carboxylic acids is 1. The molecular formula is C14H13ClN2O3. The van der Waals surface area contributed by atoms with Gasteiger partial charge in [0.15, 0.2) is 0 Å². The quantitative estimate of drug-likeness (QED) is 0.895. The normalized spacial score (nSPS) is 22.7. The zero-order valence-corrected chi connectivity index (χ0v) is 11.7. The fraction of sp³-hybridized carbons (Fsp3) is 0.357. The lowest BCUT2D eigenvalue weighted by atomic mass is 10.1. The van der Waals surface area contributed by atoms with Crippen molar-refractivity contribution in [2.24, 2.45) is 17.3 Å². The number of carboxylic acid groups (broad SMARTS) is 1. The van der Waals surface area contributed by atoms with Gasteiger partial charge in [-0.15, -0.1) is 0 Å². The number of rotatable bonds is 3. The number of nitrogens with zero attached hydrogens (tertiary/aromatic N) is 1. The first-order valence-electron chi connectivity index (χ1n) is 6.02. The molecule has 1 aromatic rings. The summed E-state index contributed by atoms with van der Waals surface area (Å²) in [5, 5.41) is 20.8. The van der Waals surface area contributed by atoms with E-state index in [1.165, 1.54) is 12.1 Å². The molecule has 0 radical (unpaired) electrons. The summed E-state index contributed by atoms with van der Waals surface area (Å²) in [6.45, 7) is 3.48. The molecule has 0 spiro atoms. The van der Waals surface area contributed by atoms with Gasteiger partial charge in [0.05, 0.1) is 34.2 Å². The van der Waals surface area contributed by atoms with E-state index in [1.807, 2.05) is 6.07 Å². The van der Waals surface area contributed by atoms with Crippen molar-refractivity contribution in [1.29, 1.82) is 5.26 Å². The molecule has 20 heavy (non-hydrogen) atoms. The van der Waals surface area contributed by atoms with E-state index in [-0.39, 0.29) is 5.91 Å². The van der Waals surface area contributed by atoms with Gasteiger partial charge in [-0.1, -0.05) is 25.4 Å². The van der Waals surface area contributed by atoms with E-state index >= 15 is 0 Å². The van der Waals surface area contributed by atoms with E-state index in [9.17, 15) is 9.59 Å². The van der Waals surface area contributed by atoms with Gasteiger partial charge in [0.1, 0.15) is 0 Å². The first kappa shape index (κ1) is 14.4. The van der Waals surface area contributed by atoms with Gasteiger partial charge in [-0.3, -0.25) is 9.59 Å². The lowest BCUT2D eigenvalue weighted by Crippen LogP contribution is -2.18. The second-order valence-electron chi connectivity index (χ2n) is 5.41. The highest BCUT2D eigenvalue weighted by molar-refractivity contribution is 6.33. The monoisotopic (exact) mass is 292 g/mol. The molecule has 2 atom stereocenters. The number of carbonyl (C=O) groups is 2. The number of carbonyl (C=O) groups excluding carboxylic acids is 1. The predicted molar refractivity (Wildman–Crippen MR) is 73.2 cm³/mol. The van der Waals surface area contributed by atoms with E-state index in [0.717, 1.165) is 0 Å². The van der Waals surface area contributed by atoms with Crippen LogP contribution in [0.4, 0.5) is 5.69 Å². The van der Waals surface area contributed by atoms with Crippen LogP contribution in [-0.4, -0.2) is 17.0 Å². The summed E-state index contributed by atoms with van der Waals surface area (Å²) >= 11 is 5.95. The Hall–Kier alpha value is -2.06. The molecule has 1 aliphatic rings. The zero-order valence-electron chi connectivity index (χ0n) is 11.0. The van der Waals surface area contributed by atoms with Crippen molar-refractivity contribution in [1.82, 2.24) is 0 Å². The van der Waals surface area contributed by atoms with E-state index in [0.29, 0.717) is 16.3 Å². The molecule has 2 rings (SSSR count). The summed E-state index contributed by atoms with van der Waals surface area (Å²) in [6.07, 6.45) is 0. The second kappa shape index (κ2) is 4.80. The first-order chi connectivity index (χ1) is 9.28.